The highest BCUT2D eigenvalue weighted by Gasteiger charge is 2.42. The highest BCUT2D eigenvalue weighted by Crippen LogP contribution is 2.31. The molecular weight excluding hydrogens is 514 g/mol. The zero-order chi connectivity index (χ0) is 26.6. The number of halogens is 1. The third kappa shape index (κ3) is 5.39. The number of anilines is 1. The van der Waals surface area contributed by atoms with Crippen molar-refractivity contribution in [2.45, 2.75) is 12.5 Å². The van der Waals surface area contributed by atoms with Gasteiger partial charge in [0.1, 0.15) is 6.04 Å². The first-order chi connectivity index (χ1) is 18.4. The van der Waals surface area contributed by atoms with Gasteiger partial charge in [-0.2, -0.15) is 0 Å². The third-order valence-electron chi connectivity index (χ3n) is 6.82. The second kappa shape index (κ2) is 11.3. The summed E-state index contributed by atoms with van der Waals surface area (Å²) in [6.07, 6.45) is -0.484. The molecule has 3 fully saturated rings. The maximum atomic E-state index is 13.0. The number of hydroxylamine groups is 2. The quantitative estimate of drug-likeness (QED) is 0.577. The Morgan fingerprint density at radius 1 is 0.921 bits per heavy atom. The summed E-state index contributed by atoms with van der Waals surface area (Å²) in [6.45, 7) is 3.47. The van der Waals surface area contributed by atoms with Gasteiger partial charge < -0.3 is 29.6 Å². The minimum atomic E-state index is -0.802. The van der Waals surface area contributed by atoms with E-state index in [-0.39, 0.29) is 19.0 Å². The molecule has 0 unspecified atom stereocenters. The maximum absolute atomic E-state index is 13.0. The first-order valence-corrected chi connectivity index (χ1v) is 12.9. The number of carbonyl (C=O) groups is 4. The smallest absolute Gasteiger partial charge is 0.378 e. The topological polar surface area (TPSA) is 112 Å². The van der Waals surface area contributed by atoms with Crippen LogP contribution in [-0.4, -0.2) is 97.3 Å². The Morgan fingerprint density at radius 3 is 2.34 bits per heavy atom. The Balaban J connectivity index is 1.17. The number of imide groups is 1. The molecule has 3 heterocycles. The first-order valence-electron chi connectivity index (χ1n) is 12.5. The lowest BCUT2D eigenvalue weighted by Crippen LogP contribution is -2.51. The first kappa shape index (κ1) is 25.8. The second-order valence-corrected chi connectivity index (χ2v) is 9.58. The molecule has 1 N–H and O–H groups in total. The summed E-state index contributed by atoms with van der Waals surface area (Å²) < 4.78 is 5.33. The minimum Gasteiger partial charge on any atom is -0.378 e. The zero-order valence-electron chi connectivity index (χ0n) is 20.7. The molecule has 5 rings (SSSR count). The number of ether oxygens (including phenoxy) is 1. The minimum absolute atomic E-state index is 0.138. The summed E-state index contributed by atoms with van der Waals surface area (Å²) in [6, 6.07) is 13.0. The van der Waals surface area contributed by atoms with Gasteiger partial charge in [0.05, 0.1) is 29.5 Å². The molecular formula is C26H28ClN5O6. The van der Waals surface area contributed by atoms with E-state index < -0.39 is 24.1 Å². The van der Waals surface area contributed by atoms with Crippen LogP contribution < -0.4 is 10.2 Å². The van der Waals surface area contributed by atoms with E-state index in [1.165, 1.54) is 4.90 Å². The van der Waals surface area contributed by atoms with Gasteiger partial charge in [-0.15, -0.1) is 0 Å². The van der Waals surface area contributed by atoms with E-state index in [1.54, 1.807) is 17.0 Å². The predicted molar refractivity (Wildman–Crippen MR) is 138 cm³/mol. The number of piperazine rings is 1. The molecule has 0 saturated carbocycles. The normalized spacial score (nSPS) is 20.0. The Kier molecular flexibility index (Phi) is 7.66. The van der Waals surface area contributed by atoms with Crippen molar-refractivity contribution in [1.29, 1.82) is 0 Å². The Labute approximate surface area is 224 Å². The van der Waals surface area contributed by atoms with Crippen LogP contribution in [0.3, 0.4) is 0 Å². The van der Waals surface area contributed by atoms with Crippen LogP contribution in [-0.2, 0) is 20.8 Å². The Hall–Kier alpha value is -3.83. The lowest BCUT2D eigenvalue weighted by Gasteiger charge is -2.36. The van der Waals surface area contributed by atoms with Crippen molar-refractivity contribution in [3.63, 3.8) is 0 Å². The number of amides is 5. The van der Waals surface area contributed by atoms with Gasteiger partial charge >= 0.3 is 12.1 Å². The molecule has 0 radical (unpaired) electrons. The van der Waals surface area contributed by atoms with E-state index in [4.69, 9.17) is 21.2 Å². The fraction of sp³-hybridized carbons (Fsp3) is 0.385. The van der Waals surface area contributed by atoms with E-state index in [1.807, 2.05) is 41.3 Å². The van der Waals surface area contributed by atoms with Gasteiger partial charge in [-0.1, -0.05) is 53.1 Å². The molecule has 0 spiro atoms. The Morgan fingerprint density at radius 2 is 1.63 bits per heavy atom. The number of rotatable bonds is 5. The molecule has 2 aromatic rings. The van der Waals surface area contributed by atoms with Crippen molar-refractivity contribution < 1.29 is 28.8 Å². The summed E-state index contributed by atoms with van der Waals surface area (Å²) in [5.74, 6) is -0.749. The maximum Gasteiger partial charge on any atom is 0.434 e. The molecule has 0 aliphatic carbocycles. The zero-order valence-corrected chi connectivity index (χ0v) is 21.4. The van der Waals surface area contributed by atoms with Crippen molar-refractivity contribution in [3.05, 3.63) is 64.7 Å². The summed E-state index contributed by atoms with van der Waals surface area (Å²) >= 11 is 6.66. The number of nitrogens with one attached hydrogen (secondary N) is 1. The average Bonchev–Trinajstić information content (AvgIpc) is 3.21. The lowest BCUT2D eigenvalue weighted by molar-refractivity contribution is -0.151. The van der Waals surface area contributed by atoms with Crippen LogP contribution in [0, 0.1) is 0 Å². The van der Waals surface area contributed by atoms with Crippen LogP contribution in [0.5, 0.6) is 0 Å². The molecule has 2 aromatic carbocycles. The molecule has 3 saturated heterocycles. The summed E-state index contributed by atoms with van der Waals surface area (Å²) in [7, 11) is 0. The van der Waals surface area contributed by atoms with Crippen molar-refractivity contribution in [2.24, 2.45) is 0 Å². The van der Waals surface area contributed by atoms with Gasteiger partial charge in [-0.3, -0.25) is 9.59 Å². The molecule has 3 aliphatic heterocycles. The third-order valence-corrected chi connectivity index (χ3v) is 7.22. The van der Waals surface area contributed by atoms with Gasteiger partial charge in [0.25, 0.3) is 11.8 Å². The SMILES string of the molecule is O=C(ON1C(=O)N[C@@H](Cc2ccccc2)C1=O)N1CCN(c2cccc(C(=O)N3CCOCC3)c2Cl)CC1. The molecule has 12 heteroatoms. The summed E-state index contributed by atoms with van der Waals surface area (Å²) in [5, 5.41) is 3.43. The molecule has 0 bridgehead atoms. The second-order valence-electron chi connectivity index (χ2n) is 9.20. The van der Waals surface area contributed by atoms with E-state index in [0.29, 0.717) is 67.2 Å². The van der Waals surface area contributed by atoms with E-state index >= 15 is 0 Å². The standard InChI is InChI=1S/C26H28ClN5O6/c27-22-19(23(33)30-13-15-37-16-14-30)7-4-8-21(22)29-9-11-31(12-10-29)26(36)38-32-24(34)20(28-25(32)35)17-18-5-2-1-3-6-18/h1-8,20H,9-17H2,(H,28,35)/t20-/m0/s1. The van der Waals surface area contributed by atoms with Gasteiger partial charge in [-0.05, 0) is 17.7 Å². The highest BCUT2D eigenvalue weighted by atomic mass is 35.5. The van der Waals surface area contributed by atoms with Gasteiger partial charge in [0.2, 0.25) is 0 Å². The number of hydrogen-bond acceptors (Lipinski definition) is 7. The molecule has 5 amide bonds. The molecule has 3 aliphatic rings. The number of urea groups is 1. The van der Waals surface area contributed by atoms with Crippen LogP contribution >= 0.6 is 11.6 Å². The van der Waals surface area contributed by atoms with Gasteiger partial charge in [-0.25, -0.2) is 9.59 Å². The van der Waals surface area contributed by atoms with Crippen LogP contribution in [0.15, 0.2) is 48.5 Å². The summed E-state index contributed by atoms with van der Waals surface area (Å²) in [4.78, 5) is 61.1. The predicted octanol–water partition coefficient (Wildman–Crippen LogP) is 2.15. The molecule has 0 aromatic heterocycles. The van der Waals surface area contributed by atoms with Crippen molar-refractivity contribution in [2.75, 3.05) is 57.4 Å². The summed E-state index contributed by atoms with van der Waals surface area (Å²) in [5.41, 5.74) is 2.01. The van der Waals surface area contributed by atoms with Gasteiger partial charge in [0.15, 0.2) is 0 Å². The average molecular weight is 542 g/mol. The molecule has 200 valence electrons. The molecule has 38 heavy (non-hydrogen) atoms. The number of benzene rings is 2. The van der Waals surface area contributed by atoms with Crippen molar-refractivity contribution in [1.82, 2.24) is 20.2 Å². The van der Waals surface area contributed by atoms with Crippen LogP contribution in [0.1, 0.15) is 15.9 Å². The Bertz CT molecular complexity index is 1210. The van der Waals surface area contributed by atoms with E-state index in [2.05, 4.69) is 5.32 Å². The van der Waals surface area contributed by atoms with Crippen molar-refractivity contribution >= 4 is 41.2 Å². The molecule has 11 nitrogen and oxygen atoms in total. The largest absolute Gasteiger partial charge is 0.434 e. The van der Waals surface area contributed by atoms with E-state index in [9.17, 15) is 19.2 Å². The fourth-order valence-corrected chi connectivity index (χ4v) is 5.04. The van der Waals surface area contributed by atoms with Crippen LogP contribution in [0.2, 0.25) is 5.02 Å². The van der Waals surface area contributed by atoms with E-state index in [0.717, 1.165) is 5.56 Å². The number of carbonyl (C=O) groups excluding carboxylic acids is 4. The van der Waals surface area contributed by atoms with Gasteiger partial charge in [0, 0.05) is 45.7 Å². The highest BCUT2D eigenvalue weighted by molar-refractivity contribution is 6.36. The van der Waals surface area contributed by atoms with Crippen LogP contribution in [0.4, 0.5) is 15.3 Å². The van der Waals surface area contributed by atoms with Crippen molar-refractivity contribution in [3.8, 4) is 0 Å². The monoisotopic (exact) mass is 541 g/mol. The number of morpholine rings is 1. The van der Waals surface area contributed by atoms with Crippen LogP contribution in [0.25, 0.3) is 0 Å². The number of nitrogens with zero attached hydrogens (tertiary/aromatic N) is 4. The fourth-order valence-electron chi connectivity index (χ4n) is 4.72. The molecule has 1 atom stereocenters. The lowest BCUT2D eigenvalue weighted by atomic mass is 10.1. The number of hydrogen-bond donors (Lipinski definition) is 1.